The summed E-state index contributed by atoms with van der Waals surface area (Å²) >= 11 is 0. The van der Waals surface area contributed by atoms with Crippen molar-refractivity contribution in [2.75, 3.05) is 13.7 Å². The molecule has 0 bridgehead atoms. The minimum atomic E-state index is -1.10. The Morgan fingerprint density at radius 2 is 1.84 bits per heavy atom. The zero-order valence-electron chi connectivity index (χ0n) is 11.2. The van der Waals surface area contributed by atoms with Gasteiger partial charge in [0.25, 0.3) is 0 Å². The summed E-state index contributed by atoms with van der Waals surface area (Å²) in [6, 6.07) is 6.68. The van der Waals surface area contributed by atoms with Gasteiger partial charge in [0.15, 0.2) is 6.04 Å². The van der Waals surface area contributed by atoms with Crippen molar-refractivity contribution in [3.63, 3.8) is 0 Å². The quantitative estimate of drug-likeness (QED) is 0.771. The first-order chi connectivity index (χ1) is 9.06. The molecule has 0 fully saturated rings. The van der Waals surface area contributed by atoms with E-state index in [-0.39, 0.29) is 18.9 Å². The first-order valence-electron chi connectivity index (χ1n) is 6.15. The van der Waals surface area contributed by atoms with E-state index in [9.17, 15) is 9.59 Å². The van der Waals surface area contributed by atoms with Gasteiger partial charge in [-0.1, -0.05) is 31.2 Å². The highest BCUT2D eigenvalue weighted by atomic mass is 16.5. The van der Waals surface area contributed by atoms with E-state index in [0.29, 0.717) is 0 Å². The van der Waals surface area contributed by atoms with Gasteiger partial charge in [-0.15, -0.1) is 0 Å². The van der Waals surface area contributed by atoms with Crippen LogP contribution in [0.2, 0.25) is 0 Å². The average Bonchev–Trinajstić information content (AvgIpc) is 2.39. The molecule has 1 atom stereocenters. The summed E-state index contributed by atoms with van der Waals surface area (Å²) in [4.78, 5) is 22.6. The van der Waals surface area contributed by atoms with Gasteiger partial charge < -0.3 is 15.2 Å². The number of benzene rings is 1. The van der Waals surface area contributed by atoms with Gasteiger partial charge in [-0.25, -0.2) is 4.79 Å². The lowest BCUT2D eigenvalue weighted by atomic mass is 10.1. The molecule has 1 amide bonds. The molecule has 0 heterocycles. The van der Waals surface area contributed by atoms with Gasteiger partial charge in [-0.3, -0.25) is 4.79 Å². The van der Waals surface area contributed by atoms with Gasteiger partial charge >= 0.3 is 5.97 Å². The topological polar surface area (TPSA) is 75.6 Å². The Bertz CT molecular complexity index is 428. The van der Waals surface area contributed by atoms with Crippen LogP contribution in [0.3, 0.4) is 0 Å². The summed E-state index contributed by atoms with van der Waals surface area (Å²) < 4.78 is 4.75. The maximum Gasteiger partial charge on any atom is 0.328 e. The molecular formula is C14H19NO4. The molecule has 5 nitrogen and oxygen atoms in total. The summed E-state index contributed by atoms with van der Waals surface area (Å²) in [5.41, 5.74) is 2.06. The molecule has 1 aromatic rings. The molecule has 1 unspecified atom stereocenters. The van der Waals surface area contributed by atoms with Crippen molar-refractivity contribution < 1.29 is 19.4 Å². The third-order valence-electron chi connectivity index (χ3n) is 2.76. The minimum Gasteiger partial charge on any atom is -0.480 e. The van der Waals surface area contributed by atoms with Gasteiger partial charge in [-0.2, -0.15) is 0 Å². The zero-order valence-corrected chi connectivity index (χ0v) is 11.2. The zero-order chi connectivity index (χ0) is 14.3. The molecule has 1 aromatic carbocycles. The van der Waals surface area contributed by atoms with Crippen molar-refractivity contribution in [3.8, 4) is 0 Å². The summed E-state index contributed by atoms with van der Waals surface area (Å²) in [6.45, 7) is 2.01. The number of carboxylic acid groups (broad SMARTS) is 1. The predicted octanol–water partition coefficient (Wildman–Crippen LogP) is 1.01. The Kier molecular flexibility index (Phi) is 6.02. The van der Waals surface area contributed by atoms with Crippen molar-refractivity contribution in [3.05, 3.63) is 35.4 Å². The van der Waals surface area contributed by atoms with E-state index in [2.05, 4.69) is 12.2 Å². The molecule has 0 aliphatic heterocycles. The van der Waals surface area contributed by atoms with Crippen LogP contribution in [0.25, 0.3) is 0 Å². The predicted molar refractivity (Wildman–Crippen MR) is 71.0 cm³/mol. The maximum atomic E-state index is 11.7. The summed E-state index contributed by atoms with van der Waals surface area (Å²) in [5, 5.41) is 11.3. The highest BCUT2D eigenvalue weighted by molar-refractivity contribution is 5.84. The van der Waals surface area contributed by atoms with E-state index in [4.69, 9.17) is 9.84 Å². The number of carbonyl (C=O) groups excluding carboxylic acids is 1. The Morgan fingerprint density at radius 3 is 2.32 bits per heavy atom. The number of ether oxygens (including phenoxy) is 1. The number of nitrogens with one attached hydrogen (secondary N) is 1. The lowest BCUT2D eigenvalue weighted by Gasteiger charge is -2.13. The van der Waals surface area contributed by atoms with Gasteiger partial charge in [-0.05, 0) is 17.5 Å². The molecule has 0 aliphatic rings. The van der Waals surface area contributed by atoms with Crippen molar-refractivity contribution >= 4 is 11.9 Å². The summed E-state index contributed by atoms with van der Waals surface area (Å²) in [7, 11) is 1.39. The van der Waals surface area contributed by atoms with Crippen LogP contribution in [0.1, 0.15) is 18.1 Å². The molecule has 2 N–H and O–H groups in total. The van der Waals surface area contributed by atoms with Gasteiger partial charge in [0.2, 0.25) is 5.91 Å². The fraction of sp³-hybridized carbons (Fsp3) is 0.429. The lowest BCUT2D eigenvalue weighted by Crippen LogP contribution is -2.44. The third-order valence-corrected chi connectivity index (χ3v) is 2.76. The van der Waals surface area contributed by atoms with Gasteiger partial charge in [0.1, 0.15) is 0 Å². The molecule has 0 saturated carbocycles. The molecule has 5 heteroatoms. The van der Waals surface area contributed by atoms with Crippen molar-refractivity contribution in [1.82, 2.24) is 5.32 Å². The number of aryl methyl sites for hydroxylation is 1. The van der Waals surface area contributed by atoms with E-state index in [0.717, 1.165) is 12.0 Å². The number of hydrogen-bond donors (Lipinski definition) is 2. The second kappa shape index (κ2) is 7.53. The third kappa shape index (κ3) is 5.09. The number of amides is 1. The maximum absolute atomic E-state index is 11.7. The van der Waals surface area contributed by atoms with Crippen LogP contribution in [0, 0.1) is 0 Å². The van der Waals surface area contributed by atoms with Crippen LogP contribution in [0.4, 0.5) is 0 Å². The van der Waals surface area contributed by atoms with Crippen LogP contribution in [0.15, 0.2) is 24.3 Å². The number of hydrogen-bond acceptors (Lipinski definition) is 3. The second-order valence-corrected chi connectivity index (χ2v) is 4.26. The van der Waals surface area contributed by atoms with Crippen molar-refractivity contribution in [2.45, 2.75) is 25.8 Å². The van der Waals surface area contributed by atoms with E-state index in [1.165, 1.54) is 12.7 Å². The standard InChI is InChI=1S/C14H19NO4/c1-3-10-4-6-11(7-5-10)8-13(16)15-12(9-19-2)14(17)18/h4-7,12H,3,8-9H2,1-2H3,(H,15,16)(H,17,18). The molecule has 0 spiro atoms. The Balaban J connectivity index is 2.55. The van der Waals surface area contributed by atoms with Crippen LogP contribution >= 0.6 is 0 Å². The molecule has 1 rings (SSSR count). The molecule has 19 heavy (non-hydrogen) atoms. The largest absolute Gasteiger partial charge is 0.480 e. The minimum absolute atomic E-state index is 0.0458. The number of carboxylic acids is 1. The molecule has 0 aromatic heterocycles. The van der Waals surface area contributed by atoms with Crippen molar-refractivity contribution in [1.29, 1.82) is 0 Å². The Hall–Kier alpha value is -1.88. The number of carbonyl (C=O) groups is 2. The van der Waals surface area contributed by atoms with Crippen molar-refractivity contribution in [2.24, 2.45) is 0 Å². The summed E-state index contributed by atoms with van der Waals surface area (Å²) in [5.74, 6) is -1.43. The highest BCUT2D eigenvalue weighted by Gasteiger charge is 2.19. The fourth-order valence-electron chi connectivity index (χ4n) is 1.66. The number of methoxy groups -OCH3 is 1. The Morgan fingerprint density at radius 1 is 1.26 bits per heavy atom. The first kappa shape index (κ1) is 15.2. The number of rotatable bonds is 7. The SMILES string of the molecule is CCc1ccc(CC(=O)NC(COC)C(=O)O)cc1. The van der Waals surface area contributed by atoms with Crippen LogP contribution in [0.5, 0.6) is 0 Å². The van der Waals surface area contributed by atoms with E-state index < -0.39 is 12.0 Å². The highest BCUT2D eigenvalue weighted by Crippen LogP contribution is 2.05. The van der Waals surface area contributed by atoms with Crippen LogP contribution in [-0.4, -0.2) is 36.7 Å². The smallest absolute Gasteiger partial charge is 0.328 e. The first-order valence-corrected chi connectivity index (χ1v) is 6.15. The molecule has 0 aliphatic carbocycles. The number of aliphatic carboxylic acids is 1. The summed E-state index contributed by atoms with van der Waals surface area (Å²) in [6.07, 6.45) is 1.11. The van der Waals surface area contributed by atoms with Gasteiger partial charge in [0, 0.05) is 7.11 Å². The van der Waals surface area contributed by atoms with Crippen LogP contribution < -0.4 is 5.32 Å². The van der Waals surface area contributed by atoms with E-state index in [1.54, 1.807) is 0 Å². The molecule has 104 valence electrons. The molecule has 0 saturated heterocycles. The molecule has 0 radical (unpaired) electrons. The monoisotopic (exact) mass is 265 g/mol. The van der Waals surface area contributed by atoms with E-state index >= 15 is 0 Å². The second-order valence-electron chi connectivity index (χ2n) is 4.26. The average molecular weight is 265 g/mol. The van der Waals surface area contributed by atoms with Crippen LogP contribution in [-0.2, 0) is 27.2 Å². The normalized spacial score (nSPS) is 11.9. The van der Waals surface area contributed by atoms with E-state index in [1.807, 2.05) is 24.3 Å². The fourth-order valence-corrected chi connectivity index (χ4v) is 1.66. The Labute approximate surface area is 112 Å². The van der Waals surface area contributed by atoms with Gasteiger partial charge in [0.05, 0.1) is 13.0 Å². The molecular weight excluding hydrogens is 246 g/mol. The lowest BCUT2D eigenvalue weighted by molar-refractivity contribution is -0.143.